The van der Waals surface area contributed by atoms with Gasteiger partial charge in [0.15, 0.2) is 11.5 Å². The van der Waals surface area contributed by atoms with Crippen molar-refractivity contribution in [3.05, 3.63) is 54.1 Å². The fourth-order valence-electron chi connectivity index (χ4n) is 1.60. The molecule has 0 spiro atoms. The number of nitrogens with one attached hydrogen (secondary N) is 1. The van der Waals surface area contributed by atoms with Crippen LogP contribution < -0.4 is 11.1 Å². The number of amides is 1. The molecule has 2 aromatic carbocycles. The third kappa shape index (κ3) is 3.29. The van der Waals surface area contributed by atoms with Crippen molar-refractivity contribution in [2.75, 3.05) is 11.1 Å². The molecule has 0 aliphatic carbocycles. The number of para-hydroxylation sites is 2. The third-order valence-corrected chi connectivity index (χ3v) is 2.65. The Labute approximate surface area is 116 Å². The predicted octanol–water partition coefficient (Wildman–Crippen LogP) is 2.33. The molecule has 0 saturated carbocycles. The maximum atomic E-state index is 11.7. The summed E-state index contributed by atoms with van der Waals surface area (Å²) in [6.07, 6.45) is 2.84. The number of carbonyl (C=O) groups is 1. The minimum atomic E-state index is -0.338. The van der Waals surface area contributed by atoms with Crippen molar-refractivity contribution in [3.8, 4) is 11.5 Å². The van der Waals surface area contributed by atoms with Crippen LogP contribution in [0.2, 0.25) is 0 Å². The van der Waals surface area contributed by atoms with Gasteiger partial charge in [-0.15, -0.1) is 0 Å². The Morgan fingerprint density at radius 3 is 2.55 bits per heavy atom. The van der Waals surface area contributed by atoms with Crippen LogP contribution in [0.1, 0.15) is 5.56 Å². The van der Waals surface area contributed by atoms with Crippen molar-refractivity contribution in [2.45, 2.75) is 0 Å². The molecule has 5 N–H and O–H groups in total. The number of nitrogens with two attached hydrogens (primary N) is 1. The first-order valence-corrected chi connectivity index (χ1v) is 5.92. The quantitative estimate of drug-likeness (QED) is 0.391. The Bertz CT molecular complexity index is 666. The van der Waals surface area contributed by atoms with E-state index in [1.54, 1.807) is 30.3 Å². The number of rotatable bonds is 3. The van der Waals surface area contributed by atoms with Crippen LogP contribution in [0.25, 0.3) is 6.08 Å². The highest BCUT2D eigenvalue weighted by atomic mass is 16.3. The van der Waals surface area contributed by atoms with Crippen LogP contribution in [-0.2, 0) is 4.79 Å². The second-order valence-electron chi connectivity index (χ2n) is 4.16. The lowest BCUT2D eigenvalue weighted by Crippen LogP contribution is -2.09. The molecular weight excluding hydrogens is 256 g/mol. The number of benzene rings is 2. The SMILES string of the molecule is Nc1ccccc1NC(=O)/C=C/c1ccc(O)c(O)c1. The van der Waals surface area contributed by atoms with Gasteiger partial charge in [0.1, 0.15) is 0 Å². The number of hydrogen-bond donors (Lipinski definition) is 4. The third-order valence-electron chi connectivity index (χ3n) is 2.65. The molecule has 2 aromatic rings. The van der Waals surface area contributed by atoms with E-state index in [9.17, 15) is 15.0 Å². The molecule has 0 heterocycles. The molecule has 5 heteroatoms. The molecule has 20 heavy (non-hydrogen) atoms. The average molecular weight is 270 g/mol. The zero-order chi connectivity index (χ0) is 14.5. The highest BCUT2D eigenvalue weighted by Crippen LogP contribution is 2.25. The van der Waals surface area contributed by atoms with Crippen molar-refractivity contribution >= 4 is 23.4 Å². The molecule has 0 radical (unpaired) electrons. The van der Waals surface area contributed by atoms with Gasteiger partial charge in [-0.2, -0.15) is 0 Å². The fraction of sp³-hybridized carbons (Fsp3) is 0. The normalized spacial score (nSPS) is 10.6. The number of phenols is 2. The second kappa shape index (κ2) is 5.79. The van der Waals surface area contributed by atoms with Crippen molar-refractivity contribution in [1.82, 2.24) is 0 Å². The zero-order valence-corrected chi connectivity index (χ0v) is 10.6. The summed E-state index contributed by atoms with van der Waals surface area (Å²) in [6, 6.07) is 11.2. The van der Waals surface area contributed by atoms with Crippen molar-refractivity contribution < 1.29 is 15.0 Å². The minimum Gasteiger partial charge on any atom is -0.504 e. The lowest BCUT2D eigenvalue weighted by atomic mass is 10.2. The van der Waals surface area contributed by atoms with Crippen LogP contribution in [-0.4, -0.2) is 16.1 Å². The number of anilines is 2. The van der Waals surface area contributed by atoms with E-state index in [1.807, 2.05) is 0 Å². The van der Waals surface area contributed by atoms with Gasteiger partial charge >= 0.3 is 0 Å². The lowest BCUT2D eigenvalue weighted by Gasteiger charge is -2.05. The molecule has 0 bridgehead atoms. The van der Waals surface area contributed by atoms with Gasteiger partial charge in [0.25, 0.3) is 0 Å². The van der Waals surface area contributed by atoms with E-state index in [4.69, 9.17) is 5.73 Å². The maximum Gasteiger partial charge on any atom is 0.248 e. The van der Waals surface area contributed by atoms with Crippen molar-refractivity contribution in [3.63, 3.8) is 0 Å². The van der Waals surface area contributed by atoms with E-state index in [-0.39, 0.29) is 17.4 Å². The topological polar surface area (TPSA) is 95.6 Å². The Balaban J connectivity index is 2.06. The predicted molar refractivity (Wildman–Crippen MR) is 78.3 cm³/mol. The standard InChI is InChI=1S/C15H14N2O3/c16-11-3-1-2-4-12(11)17-15(20)8-6-10-5-7-13(18)14(19)9-10/h1-9,18-19H,16H2,(H,17,20)/b8-6+. The van der Waals surface area contributed by atoms with Gasteiger partial charge in [0, 0.05) is 6.08 Å². The first-order chi connectivity index (χ1) is 9.56. The Morgan fingerprint density at radius 2 is 1.85 bits per heavy atom. The molecule has 0 saturated heterocycles. The molecule has 102 valence electrons. The minimum absolute atomic E-state index is 0.205. The van der Waals surface area contributed by atoms with E-state index in [0.29, 0.717) is 16.9 Å². The summed E-state index contributed by atoms with van der Waals surface area (Å²) in [6.45, 7) is 0. The van der Waals surface area contributed by atoms with Crippen LogP contribution in [0.5, 0.6) is 11.5 Å². The maximum absolute atomic E-state index is 11.7. The molecule has 0 aromatic heterocycles. The summed E-state index contributed by atoms with van der Waals surface area (Å²) in [4.78, 5) is 11.7. The number of aromatic hydroxyl groups is 2. The van der Waals surface area contributed by atoms with Gasteiger partial charge in [-0.1, -0.05) is 18.2 Å². The summed E-state index contributed by atoms with van der Waals surface area (Å²) in [5.74, 6) is -0.779. The average Bonchev–Trinajstić information content (AvgIpc) is 2.43. The lowest BCUT2D eigenvalue weighted by molar-refractivity contribution is -0.111. The highest BCUT2D eigenvalue weighted by molar-refractivity contribution is 6.03. The van der Waals surface area contributed by atoms with E-state index in [2.05, 4.69) is 5.32 Å². The first kappa shape index (κ1) is 13.5. The first-order valence-electron chi connectivity index (χ1n) is 5.92. The van der Waals surface area contributed by atoms with Crippen molar-refractivity contribution in [1.29, 1.82) is 0 Å². The largest absolute Gasteiger partial charge is 0.504 e. The van der Waals surface area contributed by atoms with Crippen LogP contribution in [0, 0.1) is 0 Å². The van der Waals surface area contributed by atoms with Crippen LogP contribution in [0.15, 0.2) is 48.5 Å². The second-order valence-corrected chi connectivity index (χ2v) is 4.16. The zero-order valence-electron chi connectivity index (χ0n) is 10.6. The van der Waals surface area contributed by atoms with E-state index in [0.717, 1.165) is 0 Å². The monoisotopic (exact) mass is 270 g/mol. The molecular formula is C15H14N2O3. The summed E-state index contributed by atoms with van der Waals surface area (Å²) >= 11 is 0. The highest BCUT2D eigenvalue weighted by Gasteiger charge is 2.02. The number of nitrogen functional groups attached to an aromatic ring is 1. The number of carbonyl (C=O) groups excluding carboxylic acids is 1. The summed E-state index contributed by atoms with van der Waals surface area (Å²) in [5, 5.41) is 21.2. The van der Waals surface area contributed by atoms with Crippen molar-refractivity contribution in [2.24, 2.45) is 0 Å². The van der Waals surface area contributed by atoms with Crippen LogP contribution in [0.3, 0.4) is 0 Å². The van der Waals surface area contributed by atoms with E-state index >= 15 is 0 Å². The fourth-order valence-corrected chi connectivity index (χ4v) is 1.60. The Morgan fingerprint density at radius 1 is 1.10 bits per heavy atom. The molecule has 2 rings (SSSR count). The van der Waals surface area contributed by atoms with Gasteiger partial charge < -0.3 is 21.3 Å². The molecule has 5 nitrogen and oxygen atoms in total. The molecule has 1 amide bonds. The molecule has 0 atom stereocenters. The Kier molecular flexibility index (Phi) is 3.91. The number of hydrogen-bond acceptors (Lipinski definition) is 4. The summed E-state index contributed by atoms with van der Waals surface area (Å²) in [5.41, 5.74) is 7.33. The van der Waals surface area contributed by atoms with Crippen LogP contribution in [0.4, 0.5) is 11.4 Å². The van der Waals surface area contributed by atoms with E-state index < -0.39 is 0 Å². The van der Waals surface area contributed by atoms with Gasteiger partial charge in [-0.25, -0.2) is 0 Å². The smallest absolute Gasteiger partial charge is 0.248 e. The number of phenolic OH excluding ortho intramolecular Hbond substituents is 2. The summed E-state index contributed by atoms with van der Waals surface area (Å²) < 4.78 is 0. The van der Waals surface area contributed by atoms with Gasteiger partial charge in [-0.3, -0.25) is 4.79 Å². The van der Waals surface area contributed by atoms with Crippen LogP contribution >= 0.6 is 0 Å². The molecule has 0 fully saturated rings. The molecule has 0 unspecified atom stereocenters. The van der Waals surface area contributed by atoms with Gasteiger partial charge in [0.2, 0.25) is 5.91 Å². The van der Waals surface area contributed by atoms with E-state index in [1.165, 1.54) is 24.3 Å². The van der Waals surface area contributed by atoms with Gasteiger partial charge in [0.05, 0.1) is 11.4 Å². The summed E-state index contributed by atoms with van der Waals surface area (Å²) in [7, 11) is 0. The Hall–Kier alpha value is -2.95. The molecule has 0 aliphatic rings. The van der Waals surface area contributed by atoms with Gasteiger partial charge in [-0.05, 0) is 35.9 Å². The molecule has 0 aliphatic heterocycles.